The van der Waals surface area contributed by atoms with Gasteiger partial charge in [0.05, 0.1) is 6.42 Å². The van der Waals surface area contributed by atoms with Gasteiger partial charge in [-0.3, -0.25) is 53.0 Å². The highest BCUT2D eigenvalue weighted by atomic mass is 16.4. The van der Waals surface area contributed by atoms with Gasteiger partial charge in [-0.15, -0.1) is 0 Å². The molecule has 2 aliphatic rings. The predicted octanol–water partition coefficient (Wildman–Crippen LogP) is 1.12. The molecule has 0 aliphatic carbocycles. The zero-order chi connectivity index (χ0) is 29.1. The molecule has 37 heavy (non-hydrogen) atoms. The third-order valence-corrected chi connectivity index (χ3v) is 5.76. The van der Waals surface area contributed by atoms with E-state index in [-0.39, 0.29) is 42.0 Å². The van der Waals surface area contributed by atoms with E-state index in [1.165, 1.54) is 7.05 Å². The summed E-state index contributed by atoms with van der Waals surface area (Å²) in [5.41, 5.74) is -2.45. The molecule has 0 spiro atoms. The molecule has 206 valence electrons. The summed E-state index contributed by atoms with van der Waals surface area (Å²) >= 11 is 0. The Hall–Kier alpha value is -3.57. The Morgan fingerprint density at radius 3 is 1.57 bits per heavy atom. The van der Waals surface area contributed by atoms with E-state index in [1.54, 1.807) is 13.8 Å². The summed E-state index contributed by atoms with van der Waals surface area (Å²) in [5, 5.41) is 8.85. The highest BCUT2D eigenvalue weighted by Crippen LogP contribution is 2.35. The normalized spacial score (nSPS) is 15.9. The summed E-state index contributed by atoms with van der Waals surface area (Å²) in [6.45, 7) is 7.23. The Kier molecular flexibility index (Phi) is 13.4. The van der Waals surface area contributed by atoms with Crippen LogP contribution < -0.4 is 0 Å². The molecule has 12 nitrogen and oxygen atoms in total. The van der Waals surface area contributed by atoms with Gasteiger partial charge < -0.3 is 5.11 Å². The van der Waals surface area contributed by atoms with Gasteiger partial charge in [0.1, 0.15) is 11.6 Å². The van der Waals surface area contributed by atoms with Crippen molar-refractivity contribution in [2.24, 2.45) is 11.3 Å². The average molecular weight is 525 g/mol. The molecule has 2 saturated heterocycles. The van der Waals surface area contributed by atoms with Crippen LogP contribution in [0.2, 0.25) is 0 Å². The second kappa shape index (κ2) is 14.9. The molecule has 0 unspecified atom stereocenters. The fourth-order valence-corrected chi connectivity index (χ4v) is 3.50. The fraction of sp³-hybridized carbons (Fsp3) is 0.640. The van der Waals surface area contributed by atoms with Crippen LogP contribution in [-0.4, -0.2) is 81.7 Å². The van der Waals surface area contributed by atoms with E-state index in [9.17, 15) is 43.2 Å². The van der Waals surface area contributed by atoms with E-state index < -0.39 is 34.9 Å². The van der Waals surface area contributed by atoms with Gasteiger partial charge in [-0.05, 0) is 19.3 Å². The minimum atomic E-state index is -2.45. The lowest BCUT2D eigenvalue weighted by molar-refractivity contribution is -0.185. The molecule has 2 heterocycles. The minimum Gasteiger partial charge on any atom is -0.480 e. The molecule has 1 N–H and O–H groups in total. The molecular weight excluding hydrogens is 488 g/mol. The van der Waals surface area contributed by atoms with Crippen molar-refractivity contribution in [1.82, 2.24) is 9.80 Å². The van der Waals surface area contributed by atoms with Crippen molar-refractivity contribution < 1.29 is 48.3 Å². The standard InChI is InChI=1S/C9H11NO5.C8H11NO3.C8H14O2/c1-3-4-5(11)9(8(14)15)6(12)10(2)7(9)13;1-3-4-5(10)6-7(11)9(2)8(6)12;1-3-5-8(10)6-7(9)4-2/h3-4H2,1-2H3,(H,14,15);6H,3-4H2,1-2H3;3-6H2,1-2H3. The van der Waals surface area contributed by atoms with Crippen LogP contribution in [0.5, 0.6) is 0 Å². The van der Waals surface area contributed by atoms with Gasteiger partial charge in [-0.1, -0.05) is 27.7 Å². The van der Waals surface area contributed by atoms with E-state index >= 15 is 0 Å². The summed E-state index contributed by atoms with van der Waals surface area (Å²) in [5.74, 6) is -6.21. The Bertz CT molecular complexity index is 937. The van der Waals surface area contributed by atoms with E-state index in [4.69, 9.17) is 5.11 Å². The number of carboxylic acid groups (broad SMARTS) is 1. The Labute approximate surface area is 215 Å². The van der Waals surface area contributed by atoms with E-state index in [2.05, 4.69) is 0 Å². The second-order valence-corrected chi connectivity index (χ2v) is 8.64. The third-order valence-electron chi connectivity index (χ3n) is 5.76. The Balaban J connectivity index is 0.000000538. The molecule has 0 aromatic heterocycles. The average Bonchev–Trinajstić information content (AvgIpc) is 2.84. The number of hydrogen-bond donors (Lipinski definition) is 1. The van der Waals surface area contributed by atoms with Gasteiger partial charge in [0.2, 0.25) is 11.8 Å². The van der Waals surface area contributed by atoms with Crippen molar-refractivity contribution in [2.75, 3.05) is 14.1 Å². The molecule has 0 atom stereocenters. The SMILES string of the molecule is CCCC(=O)C1(C(=O)O)C(=O)N(C)C1=O.CCCC(=O)C1C(=O)N(C)C1=O.CCCC(=O)CC(=O)CC. The number of rotatable bonds is 12. The second-order valence-electron chi connectivity index (χ2n) is 8.64. The van der Waals surface area contributed by atoms with Crippen molar-refractivity contribution in [1.29, 1.82) is 0 Å². The fourth-order valence-electron chi connectivity index (χ4n) is 3.50. The number of hydrogen-bond acceptors (Lipinski definition) is 9. The van der Waals surface area contributed by atoms with Gasteiger partial charge in [-0.2, -0.15) is 0 Å². The number of β-lactam (4-membered cyclic amide) rings is 4. The van der Waals surface area contributed by atoms with E-state index in [0.717, 1.165) is 18.4 Å². The molecule has 2 aliphatic heterocycles. The summed E-state index contributed by atoms with van der Waals surface area (Å²) < 4.78 is 0. The lowest BCUT2D eigenvalue weighted by atomic mass is 9.73. The number of aliphatic carboxylic acids is 1. The first-order valence-electron chi connectivity index (χ1n) is 12.2. The highest BCUT2D eigenvalue weighted by Gasteiger charge is 2.69. The number of carboxylic acids is 1. The quantitative estimate of drug-likeness (QED) is 0.287. The number of Topliss-reactive ketones (excluding diaryl/α,β-unsaturated/α-hetero) is 4. The van der Waals surface area contributed by atoms with Crippen molar-refractivity contribution in [3.8, 4) is 0 Å². The van der Waals surface area contributed by atoms with Crippen LogP contribution in [0.4, 0.5) is 0 Å². The van der Waals surface area contributed by atoms with Gasteiger partial charge in [0, 0.05) is 39.8 Å². The van der Waals surface area contributed by atoms with E-state index in [1.807, 2.05) is 13.8 Å². The van der Waals surface area contributed by atoms with Crippen molar-refractivity contribution in [2.45, 2.75) is 79.1 Å². The molecule has 0 radical (unpaired) electrons. The molecule has 4 amide bonds. The van der Waals surface area contributed by atoms with Crippen LogP contribution >= 0.6 is 0 Å². The van der Waals surface area contributed by atoms with Crippen molar-refractivity contribution in [3.05, 3.63) is 0 Å². The van der Waals surface area contributed by atoms with Crippen LogP contribution in [0.3, 0.4) is 0 Å². The van der Waals surface area contributed by atoms with Gasteiger partial charge in [0.15, 0.2) is 17.5 Å². The number of carbonyl (C=O) groups excluding carboxylic acids is 8. The lowest BCUT2D eigenvalue weighted by Gasteiger charge is -2.39. The Morgan fingerprint density at radius 1 is 0.730 bits per heavy atom. The molecule has 0 aromatic carbocycles. The first-order chi connectivity index (χ1) is 17.2. The van der Waals surface area contributed by atoms with Crippen LogP contribution in [0.15, 0.2) is 0 Å². The van der Waals surface area contributed by atoms with Gasteiger partial charge >= 0.3 is 5.97 Å². The number of amides is 4. The molecule has 2 rings (SSSR count). The summed E-state index contributed by atoms with van der Waals surface area (Å²) in [6, 6.07) is 0. The van der Waals surface area contributed by atoms with Crippen LogP contribution in [0.1, 0.15) is 79.1 Å². The van der Waals surface area contributed by atoms with Crippen LogP contribution in [0.25, 0.3) is 0 Å². The Morgan fingerprint density at radius 2 is 1.19 bits per heavy atom. The largest absolute Gasteiger partial charge is 0.480 e. The smallest absolute Gasteiger partial charge is 0.336 e. The maximum Gasteiger partial charge on any atom is 0.336 e. The molecular formula is C25H36N2O10. The lowest BCUT2D eigenvalue weighted by Crippen LogP contribution is -2.71. The molecule has 12 heteroatoms. The number of imide groups is 2. The topological polar surface area (TPSA) is 180 Å². The molecule has 2 fully saturated rings. The molecule has 0 saturated carbocycles. The van der Waals surface area contributed by atoms with E-state index in [0.29, 0.717) is 37.0 Å². The van der Waals surface area contributed by atoms with Gasteiger partial charge in [0.25, 0.3) is 17.2 Å². The maximum atomic E-state index is 11.5. The zero-order valence-electron chi connectivity index (χ0n) is 22.3. The minimum absolute atomic E-state index is 0.0541. The number of ketones is 4. The first-order valence-corrected chi connectivity index (χ1v) is 12.2. The van der Waals surface area contributed by atoms with Crippen LogP contribution in [-0.2, 0) is 43.2 Å². The maximum absolute atomic E-state index is 11.5. The van der Waals surface area contributed by atoms with Gasteiger partial charge in [-0.25, -0.2) is 0 Å². The summed E-state index contributed by atoms with van der Waals surface area (Å²) in [4.78, 5) is 101. The summed E-state index contributed by atoms with van der Waals surface area (Å²) in [7, 11) is 2.55. The van der Waals surface area contributed by atoms with Crippen molar-refractivity contribution >= 4 is 52.7 Å². The monoisotopic (exact) mass is 524 g/mol. The highest BCUT2D eigenvalue weighted by molar-refractivity contribution is 6.45. The first kappa shape index (κ1) is 33.4. The summed E-state index contributed by atoms with van der Waals surface area (Å²) in [6.07, 6.45) is 3.33. The number of likely N-dealkylation sites (tertiary alicyclic amines) is 2. The van der Waals surface area contributed by atoms with Crippen LogP contribution in [0, 0.1) is 11.3 Å². The molecule has 0 bridgehead atoms. The number of nitrogens with zero attached hydrogens (tertiary/aromatic N) is 2. The molecule has 0 aromatic rings. The number of carbonyl (C=O) groups is 9. The third kappa shape index (κ3) is 7.46. The zero-order valence-corrected chi connectivity index (χ0v) is 22.3. The predicted molar refractivity (Wildman–Crippen MR) is 129 cm³/mol. The van der Waals surface area contributed by atoms with Crippen molar-refractivity contribution in [3.63, 3.8) is 0 Å².